The first-order valence-corrected chi connectivity index (χ1v) is 7.60. The van der Waals surface area contributed by atoms with Gasteiger partial charge in [0.25, 0.3) is 0 Å². The number of hydrogen-bond donors (Lipinski definition) is 2. The molecule has 0 spiro atoms. The molecular weight excluding hydrogens is 232 g/mol. The lowest BCUT2D eigenvalue weighted by atomic mass is 9.88. The summed E-state index contributed by atoms with van der Waals surface area (Å²) in [6, 6.07) is 9.20. The molecule has 0 amide bonds. The number of nitrogens with two attached hydrogens (primary N) is 1. The molecule has 0 saturated heterocycles. The summed E-state index contributed by atoms with van der Waals surface area (Å²) in [5.74, 6) is 6.51. The van der Waals surface area contributed by atoms with E-state index in [0.717, 1.165) is 0 Å². The molecule has 0 radical (unpaired) electrons. The van der Waals surface area contributed by atoms with Gasteiger partial charge in [0, 0.05) is 6.04 Å². The number of fused-ring (bicyclic) bond motifs is 1. The molecule has 1 unspecified atom stereocenters. The maximum absolute atomic E-state index is 5.88. The largest absolute Gasteiger partial charge is 0.271 e. The summed E-state index contributed by atoms with van der Waals surface area (Å²) in [6.07, 6.45) is 11.3. The molecule has 102 valence electrons. The summed E-state index contributed by atoms with van der Waals surface area (Å²) < 4.78 is 0. The Balaban J connectivity index is 1.75. The Morgan fingerprint density at radius 3 is 2.47 bits per heavy atom. The van der Waals surface area contributed by atoms with Crippen molar-refractivity contribution in [1.29, 1.82) is 0 Å². The van der Waals surface area contributed by atoms with E-state index in [4.69, 9.17) is 5.84 Å². The molecule has 0 saturated carbocycles. The fourth-order valence-corrected chi connectivity index (χ4v) is 3.70. The molecule has 3 N–H and O–H groups in total. The second-order valence-corrected chi connectivity index (χ2v) is 5.96. The van der Waals surface area contributed by atoms with Crippen LogP contribution in [0.3, 0.4) is 0 Å². The minimum Gasteiger partial charge on any atom is -0.271 e. The average Bonchev–Trinajstić information content (AvgIpc) is 2.67. The van der Waals surface area contributed by atoms with E-state index in [0.29, 0.717) is 12.0 Å². The first kappa shape index (κ1) is 12.9. The Bertz CT molecular complexity index is 439. The average molecular weight is 256 g/mol. The number of allylic oxidation sites excluding steroid dienone is 1. The summed E-state index contributed by atoms with van der Waals surface area (Å²) in [6.45, 7) is 0. The Labute approximate surface area is 116 Å². The number of nitrogens with one attached hydrogen (secondary N) is 1. The zero-order valence-electron chi connectivity index (χ0n) is 11.6. The van der Waals surface area contributed by atoms with E-state index in [1.807, 2.05) is 0 Å². The van der Waals surface area contributed by atoms with Crippen LogP contribution in [0, 0.1) is 5.92 Å². The predicted octanol–water partition coefficient (Wildman–Crippen LogP) is 3.12. The van der Waals surface area contributed by atoms with Crippen molar-refractivity contribution in [2.75, 3.05) is 0 Å². The topological polar surface area (TPSA) is 38.0 Å². The molecule has 0 fully saturated rings. The van der Waals surface area contributed by atoms with Crippen molar-refractivity contribution >= 4 is 0 Å². The van der Waals surface area contributed by atoms with Crippen LogP contribution in [0.25, 0.3) is 0 Å². The molecule has 0 bridgehead atoms. The third kappa shape index (κ3) is 2.75. The molecule has 1 aromatic carbocycles. The fourth-order valence-electron chi connectivity index (χ4n) is 3.70. The van der Waals surface area contributed by atoms with Gasteiger partial charge >= 0.3 is 0 Å². The minimum atomic E-state index is 0.366. The second kappa shape index (κ2) is 5.89. The Hall–Kier alpha value is -1.12. The maximum Gasteiger partial charge on any atom is 0.0454 e. The monoisotopic (exact) mass is 256 g/mol. The fraction of sp³-hybridized carbons (Fsp3) is 0.529. The van der Waals surface area contributed by atoms with Crippen LogP contribution in [-0.2, 0) is 12.8 Å². The summed E-state index contributed by atoms with van der Waals surface area (Å²) in [4.78, 5) is 0. The third-order valence-corrected chi connectivity index (χ3v) is 4.71. The zero-order chi connectivity index (χ0) is 13.1. The molecular formula is C17H24N2. The summed E-state index contributed by atoms with van der Waals surface area (Å²) in [7, 11) is 0. The van der Waals surface area contributed by atoms with Gasteiger partial charge in [-0.1, -0.05) is 42.3 Å². The highest BCUT2D eigenvalue weighted by atomic mass is 15.2. The second-order valence-electron chi connectivity index (χ2n) is 5.96. The molecule has 2 heteroatoms. The number of hydrazine groups is 1. The molecule has 1 aromatic rings. The lowest BCUT2D eigenvalue weighted by Gasteiger charge is -2.25. The quantitative estimate of drug-likeness (QED) is 0.495. The molecule has 19 heavy (non-hydrogen) atoms. The smallest absolute Gasteiger partial charge is 0.0454 e. The molecule has 2 nitrogen and oxygen atoms in total. The van der Waals surface area contributed by atoms with E-state index in [9.17, 15) is 0 Å². The predicted molar refractivity (Wildman–Crippen MR) is 79.6 cm³/mol. The lowest BCUT2D eigenvalue weighted by molar-refractivity contribution is 0.402. The van der Waals surface area contributed by atoms with Crippen LogP contribution < -0.4 is 11.3 Å². The number of rotatable bonds is 3. The van der Waals surface area contributed by atoms with Crippen molar-refractivity contribution in [3.63, 3.8) is 0 Å². The van der Waals surface area contributed by atoms with Gasteiger partial charge in [-0.2, -0.15) is 0 Å². The van der Waals surface area contributed by atoms with Gasteiger partial charge in [-0.3, -0.25) is 11.3 Å². The Morgan fingerprint density at radius 1 is 1.05 bits per heavy atom. The van der Waals surface area contributed by atoms with Gasteiger partial charge in [-0.25, -0.2) is 0 Å². The summed E-state index contributed by atoms with van der Waals surface area (Å²) >= 11 is 0. The maximum atomic E-state index is 5.88. The van der Waals surface area contributed by atoms with E-state index in [2.05, 4.69) is 35.8 Å². The van der Waals surface area contributed by atoms with E-state index in [-0.39, 0.29) is 0 Å². The van der Waals surface area contributed by atoms with E-state index >= 15 is 0 Å². The van der Waals surface area contributed by atoms with E-state index in [1.165, 1.54) is 56.1 Å². The van der Waals surface area contributed by atoms with Crippen LogP contribution in [-0.4, -0.2) is 6.04 Å². The van der Waals surface area contributed by atoms with Crippen LogP contribution in [0.1, 0.15) is 43.2 Å². The molecule has 2 aliphatic carbocycles. The van der Waals surface area contributed by atoms with Gasteiger partial charge in [-0.05, 0) is 55.6 Å². The van der Waals surface area contributed by atoms with Crippen molar-refractivity contribution < 1.29 is 0 Å². The normalized spacial score (nSPS) is 21.6. The standard InChI is InChI=1S/C17H24N2/c18-19-17(13-7-3-1-2-4-8-13)16-11-14-9-5-6-10-15(14)12-16/h5-7,9-10,16-17,19H,1-4,8,11-12,18H2. The molecule has 1 atom stereocenters. The van der Waals surface area contributed by atoms with E-state index in [1.54, 1.807) is 5.57 Å². The zero-order valence-corrected chi connectivity index (χ0v) is 11.6. The van der Waals surface area contributed by atoms with E-state index < -0.39 is 0 Å². The van der Waals surface area contributed by atoms with Crippen molar-refractivity contribution in [2.45, 2.75) is 51.0 Å². The lowest BCUT2D eigenvalue weighted by Crippen LogP contribution is -2.42. The molecule has 0 heterocycles. The van der Waals surface area contributed by atoms with Gasteiger partial charge in [0.15, 0.2) is 0 Å². The molecule has 3 rings (SSSR count). The van der Waals surface area contributed by atoms with Crippen molar-refractivity contribution in [2.24, 2.45) is 11.8 Å². The first-order valence-electron chi connectivity index (χ1n) is 7.60. The Morgan fingerprint density at radius 2 is 1.79 bits per heavy atom. The highest BCUT2D eigenvalue weighted by Crippen LogP contribution is 2.33. The number of hydrogen-bond acceptors (Lipinski definition) is 2. The third-order valence-electron chi connectivity index (χ3n) is 4.71. The van der Waals surface area contributed by atoms with Gasteiger partial charge in [0.1, 0.15) is 0 Å². The molecule has 2 aliphatic rings. The van der Waals surface area contributed by atoms with Crippen LogP contribution in [0.4, 0.5) is 0 Å². The summed E-state index contributed by atoms with van der Waals surface area (Å²) in [5, 5.41) is 0. The SMILES string of the molecule is NNC(C1=CCCCCC1)C1Cc2ccccc2C1. The van der Waals surface area contributed by atoms with Crippen molar-refractivity contribution in [1.82, 2.24) is 5.43 Å². The van der Waals surface area contributed by atoms with Crippen LogP contribution in [0.2, 0.25) is 0 Å². The molecule has 0 aromatic heterocycles. The minimum absolute atomic E-state index is 0.366. The van der Waals surface area contributed by atoms with Gasteiger partial charge < -0.3 is 0 Å². The summed E-state index contributed by atoms with van der Waals surface area (Å²) in [5.41, 5.74) is 7.69. The van der Waals surface area contributed by atoms with Crippen molar-refractivity contribution in [3.8, 4) is 0 Å². The number of benzene rings is 1. The Kier molecular flexibility index (Phi) is 4.00. The van der Waals surface area contributed by atoms with Crippen LogP contribution >= 0.6 is 0 Å². The van der Waals surface area contributed by atoms with Gasteiger partial charge in [0.2, 0.25) is 0 Å². The highest BCUT2D eigenvalue weighted by molar-refractivity contribution is 5.34. The highest BCUT2D eigenvalue weighted by Gasteiger charge is 2.30. The van der Waals surface area contributed by atoms with Crippen molar-refractivity contribution in [3.05, 3.63) is 47.0 Å². The van der Waals surface area contributed by atoms with Crippen LogP contribution in [0.15, 0.2) is 35.9 Å². The molecule has 0 aliphatic heterocycles. The van der Waals surface area contributed by atoms with Crippen LogP contribution in [0.5, 0.6) is 0 Å². The first-order chi connectivity index (χ1) is 9.38. The van der Waals surface area contributed by atoms with Gasteiger partial charge in [0.05, 0.1) is 0 Å². The van der Waals surface area contributed by atoms with Gasteiger partial charge in [-0.15, -0.1) is 0 Å².